The molecule has 9 heteroatoms. The number of carbonyl (C=O) groups excluding carboxylic acids is 1. The van der Waals surface area contributed by atoms with Crippen LogP contribution < -0.4 is 14.1 Å². The predicted molar refractivity (Wildman–Crippen MR) is 120 cm³/mol. The fourth-order valence-electron chi connectivity index (χ4n) is 2.71. The minimum Gasteiger partial charge on any atom is -0.543 e. The smallest absolute Gasteiger partial charge is 0.543 e. The van der Waals surface area contributed by atoms with E-state index in [-0.39, 0.29) is 23.9 Å². The zero-order valence-electron chi connectivity index (χ0n) is 19.2. The van der Waals surface area contributed by atoms with Crippen LogP contribution in [-0.4, -0.2) is 34.3 Å². The second-order valence-electron chi connectivity index (χ2n) is 8.99. The van der Waals surface area contributed by atoms with Crippen LogP contribution in [0, 0.1) is 0 Å². The Morgan fingerprint density at radius 2 is 1.62 bits per heavy atom. The molecule has 0 aromatic heterocycles. The van der Waals surface area contributed by atoms with Crippen molar-refractivity contribution in [3.8, 4) is 11.5 Å². The van der Waals surface area contributed by atoms with Crippen molar-refractivity contribution in [1.29, 1.82) is 0 Å². The van der Waals surface area contributed by atoms with Gasteiger partial charge >= 0.3 is 12.3 Å². The van der Waals surface area contributed by atoms with E-state index in [9.17, 15) is 18.0 Å². The molecule has 0 saturated carbocycles. The Labute approximate surface area is 188 Å². The summed E-state index contributed by atoms with van der Waals surface area (Å²) in [5, 5.41) is 0.0266. The molecular formula is C23H30F3NO4Si. The molecule has 2 aromatic rings. The van der Waals surface area contributed by atoms with Crippen molar-refractivity contribution in [2.75, 3.05) is 18.6 Å². The molecule has 0 fully saturated rings. The van der Waals surface area contributed by atoms with Crippen molar-refractivity contribution in [3.05, 3.63) is 54.1 Å². The lowest BCUT2D eigenvalue weighted by Gasteiger charge is -2.36. The summed E-state index contributed by atoms with van der Waals surface area (Å²) in [4.78, 5) is 13.6. The maximum Gasteiger partial charge on any atom is 0.573 e. The number of benzene rings is 2. The van der Waals surface area contributed by atoms with Crippen LogP contribution in [0.5, 0.6) is 11.5 Å². The number of methoxy groups -OCH3 is 1. The van der Waals surface area contributed by atoms with Gasteiger partial charge in [-0.15, -0.1) is 13.2 Å². The number of nitrogens with zero attached hydrogens (tertiary/aromatic N) is 1. The Kier molecular flexibility index (Phi) is 7.87. The Bertz CT molecular complexity index is 926. The molecule has 5 nitrogen and oxygen atoms in total. The van der Waals surface area contributed by atoms with Crippen molar-refractivity contribution in [2.45, 2.75) is 51.8 Å². The molecule has 0 radical (unpaired) electrons. The molecule has 2 aromatic carbocycles. The van der Waals surface area contributed by atoms with Crippen LogP contribution in [-0.2, 0) is 16.1 Å². The third-order valence-electron chi connectivity index (χ3n) is 5.42. The highest BCUT2D eigenvalue weighted by Crippen LogP contribution is 2.37. The third kappa shape index (κ3) is 7.47. The van der Waals surface area contributed by atoms with Crippen LogP contribution in [0.4, 0.5) is 18.9 Å². The van der Waals surface area contributed by atoms with Gasteiger partial charge in [-0.1, -0.05) is 39.0 Å². The standard InChI is InChI=1S/C23H30F3NO4Si/c1-22(2,3)32(5,6)31-20-12-7-9-17(13-20)15-27(16-21(28)29-4)18-10-8-11-19(14-18)30-23(24,25)26/h7-14H,15-16H2,1-6H3. The van der Waals surface area contributed by atoms with Gasteiger partial charge in [0, 0.05) is 18.3 Å². The van der Waals surface area contributed by atoms with Crippen LogP contribution in [0.2, 0.25) is 18.1 Å². The first kappa shape index (κ1) is 25.6. The summed E-state index contributed by atoms with van der Waals surface area (Å²) in [5.74, 6) is -0.151. The lowest BCUT2D eigenvalue weighted by molar-refractivity contribution is -0.274. The second-order valence-corrected chi connectivity index (χ2v) is 13.7. The van der Waals surface area contributed by atoms with Crippen LogP contribution in [0.15, 0.2) is 48.5 Å². The molecule has 0 unspecified atom stereocenters. The summed E-state index contributed by atoms with van der Waals surface area (Å²) in [6, 6.07) is 13.0. The van der Waals surface area contributed by atoms with Gasteiger partial charge in [0.25, 0.3) is 0 Å². The Hall–Kier alpha value is -2.68. The first-order chi connectivity index (χ1) is 14.7. The monoisotopic (exact) mass is 469 g/mol. The second kappa shape index (κ2) is 9.85. The Balaban J connectivity index is 2.30. The Morgan fingerprint density at radius 3 is 2.22 bits per heavy atom. The summed E-state index contributed by atoms with van der Waals surface area (Å²) < 4.78 is 53.0. The van der Waals surface area contributed by atoms with Crippen LogP contribution in [0.25, 0.3) is 0 Å². The van der Waals surface area contributed by atoms with E-state index in [1.807, 2.05) is 24.3 Å². The summed E-state index contributed by atoms with van der Waals surface area (Å²) in [5.41, 5.74) is 1.24. The van der Waals surface area contributed by atoms with Crippen LogP contribution >= 0.6 is 0 Å². The summed E-state index contributed by atoms with van der Waals surface area (Å²) in [6.45, 7) is 10.9. The van der Waals surface area contributed by atoms with Gasteiger partial charge in [0.2, 0.25) is 8.32 Å². The van der Waals surface area contributed by atoms with Gasteiger partial charge in [-0.25, -0.2) is 0 Å². The maximum absolute atomic E-state index is 12.6. The van der Waals surface area contributed by atoms with Crippen molar-refractivity contribution in [2.24, 2.45) is 0 Å². The molecule has 0 amide bonds. The molecule has 0 bridgehead atoms. The van der Waals surface area contributed by atoms with Gasteiger partial charge < -0.3 is 18.8 Å². The molecule has 0 saturated heterocycles. The van der Waals surface area contributed by atoms with Crippen molar-refractivity contribution >= 4 is 20.0 Å². The molecule has 0 aliphatic rings. The van der Waals surface area contributed by atoms with Crippen molar-refractivity contribution in [1.82, 2.24) is 0 Å². The highest BCUT2D eigenvalue weighted by atomic mass is 28.4. The number of carbonyl (C=O) groups is 1. The molecule has 0 aliphatic carbocycles. The van der Waals surface area contributed by atoms with Crippen LogP contribution in [0.1, 0.15) is 26.3 Å². The van der Waals surface area contributed by atoms with E-state index in [2.05, 4.69) is 38.6 Å². The van der Waals surface area contributed by atoms with Gasteiger partial charge in [0.05, 0.1) is 7.11 Å². The normalized spacial score (nSPS) is 12.3. The van der Waals surface area contributed by atoms with Gasteiger partial charge in [-0.05, 0) is 48.0 Å². The average molecular weight is 470 g/mol. The lowest BCUT2D eigenvalue weighted by atomic mass is 10.2. The molecule has 176 valence electrons. The van der Waals surface area contributed by atoms with Gasteiger partial charge in [-0.2, -0.15) is 0 Å². The van der Waals surface area contributed by atoms with Gasteiger partial charge in [0.1, 0.15) is 18.0 Å². The van der Waals surface area contributed by atoms with Crippen LogP contribution in [0.3, 0.4) is 0 Å². The minimum atomic E-state index is -4.80. The van der Waals surface area contributed by atoms with Gasteiger partial charge in [-0.3, -0.25) is 4.79 Å². The number of esters is 1. The number of anilines is 1. The molecule has 32 heavy (non-hydrogen) atoms. The highest BCUT2D eigenvalue weighted by molar-refractivity contribution is 6.74. The topological polar surface area (TPSA) is 48.0 Å². The van der Waals surface area contributed by atoms with E-state index in [0.717, 1.165) is 11.3 Å². The number of hydrogen-bond acceptors (Lipinski definition) is 5. The molecule has 0 heterocycles. The first-order valence-corrected chi connectivity index (χ1v) is 13.1. The molecule has 2 rings (SSSR count). The van der Waals surface area contributed by atoms with E-state index in [0.29, 0.717) is 5.69 Å². The number of ether oxygens (including phenoxy) is 2. The fraction of sp³-hybridized carbons (Fsp3) is 0.435. The molecule has 0 spiro atoms. The predicted octanol–water partition coefficient (Wildman–Crippen LogP) is 6.15. The quantitative estimate of drug-likeness (QED) is 0.343. The van der Waals surface area contributed by atoms with Gasteiger partial charge in [0.15, 0.2) is 0 Å². The number of alkyl halides is 3. The average Bonchev–Trinajstić information content (AvgIpc) is 2.65. The Morgan fingerprint density at radius 1 is 1.00 bits per heavy atom. The number of halogens is 3. The zero-order chi connectivity index (χ0) is 24.2. The summed E-state index contributed by atoms with van der Waals surface area (Å²) >= 11 is 0. The van der Waals surface area contributed by atoms with E-state index < -0.39 is 20.6 Å². The fourth-order valence-corrected chi connectivity index (χ4v) is 3.73. The van der Waals surface area contributed by atoms with E-state index in [1.165, 1.54) is 25.3 Å². The maximum atomic E-state index is 12.6. The van der Waals surface area contributed by atoms with Crippen molar-refractivity contribution in [3.63, 3.8) is 0 Å². The van der Waals surface area contributed by atoms with E-state index in [4.69, 9.17) is 9.16 Å². The van der Waals surface area contributed by atoms with E-state index in [1.54, 1.807) is 11.0 Å². The summed E-state index contributed by atoms with van der Waals surface area (Å²) in [6.07, 6.45) is -4.80. The minimum absolute atomic E-state index is 0.0266. The highest BCUT2D eigenvalue weighted by Gasteiger charge is 2.39. The largest absolute Gasteiger partial charge is 0.573 e. The SMILES string of the molecule is COC(=O)CN(Cc1cccc(O[Si](C)(C)C(C)(C)C)c1)c1cccc(OC(F)(F)F)c1. The lowest BCUT2D eigenvalue weighted by Crippen LogP contribution is -2.43. The molecular weight excluding hydrogens is 439 g/mol. The molecule has 0 aliphatic heterocycles. The molecule has 0 N–H and O–H groups in total. The first-order valence-electron chi connectivity index (χ1n) is 10.2. The zero-order valence-corrected chi connectivity index (χ0v) is 20.2. The van der Waals surface area contributed by atoms with E-state index >= 15 is 0 Å². The summed E-state index contributed by atoms with van der Waals surface area (Å²) in [7, 11) is -0.784. The third-order valence-corrected chi connectivity index (χ3v) is 9.77. The molecule has 0 atom stereocenters. The number of hydrogen-bond donors (Lipinski definition) is 0. The number of rotatable bonds is 8. The van der Waals surface area contributed by atoms with Crippen molar-refractivity contribution < 1.29 is 31.9 Å².